The average Bonchev–Trinajstić information content (AvgIpc) is 2.32. The predicted molar refractivity (Wildman–Crippen MR) is 70.1 cm³/mol. The number of esters is 2. The van der Waals surface area contributed by atoms with E-state index in [1.165, 1.54) is 0 Å². The molecular weight excluding hydrogens is 232 g/mol. The van der Waals surface area contributed by atoms with Crippen LogP contribution in [0.1, 0.15) is 59.8 Å². The molecule has 0 aromatic rings. The fraction of sp³-hybridized carbons (Fsp3) is 0.857. The van der Waals surface area contributed by atoms with Gasteiger partial charge in [0.2, 0.25) is 0 Å². The quantitative estimate of drug-likeness (QED) is 0.471. The van der Waals surface area contributed by atoms with Gasteiger partial charge in [-0.25, -0.2) is 0 Å². The second-order valence-electron chi connectivity index (χ2n) is 4.87. The van der Waals surface area contributed by atoms with E-state index in [0.29, 0.717) is 6.61 Å². The van der Waals surface area contributed by atoms with E-state index in [4.69, 9.17) is 9.47 Å². The number of hydrogen-bond acceptors (Lipinski definition) is 4. The second-order valence-corrected chi connectivity index (χ2v) is 4.87. The van der Waals surface area contributed by atoms with Crippen molar-refractivity contribution in [2.75, 3.05) is 6.61 Å². The van der Waals surface area contributed by atoms with Gasteiger partial charge in [-0.05, 0) is 19.3 Å². The van der Waals surface area contributed by atoms with Gasteiger partial charge < -0.3 is 9.47 Å². The molecule has 0 bridgehead atoms. The van der Waals surface area contributed by atoms with Crippen LogP contribution >= 0.6 is 0 Å². The van der Waals surface area contributed by atoms with Crippen molar-refractivity contribution in [3.63, 3.8) is 0 Å². The minimum absolute atomic E-state index is 0.101. The predicted octanol–water partition coefficient (Wildman–Crippen LogP) is 3.09. The highest BCUT2D eigenvalue weighted by atomic mass is 16.5. The zero-order chi connectivity index (χ0) is 14.0. The molecule has 0 heterocycles. The maximum Gasteiger partial charge on any atom is 0.306 e. The second kappa shape index (κ2) is 9.92. The van der Waals surface area contributed by atoms with Crippen LogP contribution in [0, 0.1) is 5.92 Å². The van der Waals surface area contributed by atoms with E-state index in [1.807, 2.05) is 20.8 Å². The molecule has 0 rings (SSSR count). The van der Waals surface area contributed by atoms with Crippen molar-refractivity contribution in [3.05, 3.63) is 0 Å². The standard InChI is InChI=1S/C14H26O4/c1-5-6-7-10-17-13(15)8-9-14(16)18-12(4)11(2)3/h11-12H,5-10H2,1-4H3. The topological polar surface area (TPSA) is 52.6 Å². The Labute approximate surface area is 110 Å². The summed E-state index contributed by atoms with van der Waals surface area (Å²) in [6.45, 7) is 8.36. The molecule has 4 nitrogen and oxygen atoms in total. The van der Waals surface area contributed by atoms with Gasteiger partial charge in [0.1, 0.15) is 6.10 Å². The first-order chi connectivity index (χ1) is 8.47. The van der Waals surface area contributed by atoms with E-state index in [-0.39, 0.29) is 36.8 Å². The third-order valence-electron chi connectivity index (χ3n) is 2.80. The van der Waals surface area contributed by atoms with E-state index in [0.717, 1.165) is 19.3 Å². The number of rotatable bonds is 9. The summed E-state index contributed by atoms with van der Waals surface area (Å²) in [4.78, 5) is 22.7. The molecule has 0 aromatic carbocycles. The lowest BCUT2D eigenvalue weighted by atomic mass is 10.1. The van der Waals surface area contributed by atoms with E-state index >= 15 is 0 Å². The van der Waals surface area contributed by atoms with Crippen LogP contribution in [-0.2, 0) is 19.1 Å². The fourth-order valence-electron chi connectivity index (χ4n) is 1.22. The SMILES string of the molecule is CCCCCOC(=O)CCC(=O)OC(C)C(C)C. The smallest absolute Gasteiger partial charge is 0.306 e. The molecule has 0 saturated heterocycles. The van der Waals surface area contributed by atoms with Gasteiger partial charge in [0.25, 0.3) is 0 Å². The van der Waals surface area contributed by atoms with Crippen molar-refractivity contribution in [1.82, 2.24) is 0 Å². The van der Waals surface area contributed by atoms with Gasteiger partial charge in [-0.3, -0.25) is 9.59 Å². The Morgan fingerprint density at radius 1 is 1.00 bits per heavy atom. The van der Waals surface area contributed by atoms with Crippen LogP contribution in [0.2, 0.25) is 0 Å². The zero-order valence-electron chi connectivity index (χ0n) is 12.0. The minimum atomic E-state index is -0.332. The fourth-order valence-corrected chi connectivity index (χ4v) is 1.22. The molecule has 0 N–H and O–H groups in total. The molecule has 0 saturated carbocycles. The Balaban J connectivity index is 3.62. The summed E-state index contributed by atoms with van der Waals surface area (Å²) in [5.74, 6) is -0.364. The number of unbranched alkanes of at least 4 members (excludes halogenated alkanes) is 2. The lowest BCUT2D eigenvalue weighted by Crippen LogP contribution is -2.20. The highest BCUT2D eigenvalue weighted by Crippen LogP contribution is 2.07. The van der Waals surface area contributed by atoms with Crippen molar-refractivity contribution >= 4 is 11.9 Å². The van der Waals surface area contributed by atoms with Crippen LogP contribution < -0.4 is 0 Å². The van der Waals surface area contributed by atoms with E-state index in [9.17, 15) is 9.59 Å². The molecule has 0 spiro atoms. The monoisotopic (exact) mass is 258 g/mol. The summed E-state index contributed by atoms with van der Waals surface area (Å²) < 4.78 is 10.2. The normalized spacial score (nSPS) is 12.3. The molecule has 0 aromatic heterocycles. The van der Waals surface area contributed by atoms with Gasteiger partial charge in [0.15, 0.2) is 0 Å². The molecule has 0 aliphatic carbocycles. The summed E-state index contributed by atoms with van der Waals surface area (Å²) in [5.41, 5.74) is 0. The summed E-state index contributed by atoms with van der Waals surface area (Å²) in [6, 6.07) is 0. The molecule has 0 amide bonds. The molecule has 0 aliphatic rings. The summed E-state index contributed by atoms with van der Waals surface area (Å²) in [7, 11) is 0. The third kappa shape index (κ3) is 9.02. The van der Waals surface area contributed by atoms with Gasteiger partial charge in [-0.1, -0.05) is 33.6 Å². The first kappa shape index (κ1) is 16.9. The van der Waals surface area contributed by atoms with Crippen LogP contribution in [0.4, 0.5) is 0 Å². The maximum atomic E-state index is 11.4. The lowest BCUT2D eigenvalue weighted by molar-refractivity contribution is -0.154. The number of hydrogen-bond donors (Lipinski definition) is 0. The van der Waals surface area contributed by atoms with Gasteiger partial charge in [-0.15, -0.1) is 0 Å². The van der Waals surface area contributed by atoms with Crippen molar-refractivity contribution in [1.29, 1.82) is 0 Å². The van der Waals surface area contributed by atoms with E-state index < -0.39 is 0 Å². The molecular formula is C14H26O4. The summed E-state index contributed by atoms with van der Waals surface area (Å²) in [5, 5.41) is 0. The third-order valence-corrected chi connectivity index (χ3v) is 2.80. The zero-order valence-corrected chi connectivity index (χ0v) is 12.0. The number of carbonyl (C=O) groups is 2. The highest BCUT2D eigenvalue weighted by Gasteiger charge is 2.14. The van der Waals surface area contributed by atoms with Crippen molar-refractivity contribution in [2.24, 2.45) is 5.92 Å². The molecule has 1 atom stereocenters. The van der Waals surface area contributed by atoms with Crippen LogP contribution in [0.5, 0.6) is 0 Å². The van der Waals surface area contributed by atoms with E-state index in [1.54, 1.807) is 0 Å². The minimum Gasteiger partial charge on any atom is -0.466 e. The average molecular weight is 258 g/mol. The Hall–Kier alpha value is -1.06. The van der Waals surface area contributed by atoms with Gasteiger partial charge >= 0.3 is 11.9 Å². The molecule has 4 heteroatoms. The van der Waals surface area contributed by atoms with Crippen LogP contribution in [0.15, 0.2) is 0 Å². The lowest BCUT2D eigenvalue weighted by Gasteiger charge is -2.16. The summed E-state index contributed by atoms with van der Waals surface area (Å²) in [6.07, 6.45) is 3.13. The number of ether oxygens (including phenoxy) is 2. The summed E-state index contributed by atoms with van der Waals surface area (Å²) >= 11 is 0. The Morgan fingerprint density at radius 3 is 2.17 bits per heavy atom. The van der Waals surface area contributed by atoms with Crippen molar-refractivity contribution in [2.45, 2.75) is 65.9 Å². The van der Waals surface area contributed by atoms with Gasteiger partial charge in [0.05, 0.1) is 19.4 Å². The van der Waals surface area contributed by atoms with Crippen LogP contribution in [0.25, 0.3) is 0 Å². The molecule has 1 unspecified atom stereocenters. The first-order valence-corrected chi connectivity index (χ1v) is 6.82. The first-order valence-electron chi connectivity index (χ1n) is 6.82. The largest absolute Gasteiger partial charge is 0.466 e. The van der Waals surface area contributed by atoms with Crippen LogP contribution in [0.3, 0.4) is 0 Å². The Kier molecular flexibility index (Phi) is 9.33. The van der Waals surface area contributed by atoms with Gasteiger partial charge in [0, 0.05) is 0 Å². The van der Waals surface area contributed by atoms with Gasteiger partial charge in [-0.2, -0.15) is 0 Å². The van der Waals surface area contributed by atoms with Crippen molar-refractivity contribution < 1.29 is 19.1 Å². The molecule has 0 fully saturated rings. The highest BCUT2D eigenvalue weighted by molar-refractivity contribution is 5.77. The molecule has 106 valence electrons. The maximum absolute atomic E-state index is 11.4. The molecule has 0 aliphatic heterocycles. The van der Waals surface area contributed by atoms with Crippen LogP contribution in [-0.4, -0.2) is 24.6 Å². The Bertz CT molecular complexity index is 248. The molecule has 0 radical (unpaired) electrons. The number of carbonyl (C=O) groups excluding carboxylic acids is 2. The molecule has 18 heavy (non-hydrogen) atoms. The van der Waals surface area contributed by atoms with E-state index in [2.05, 4.69) is 6.92 Å². The Morgan fingerprint density at radius 2 is 1.61 bits per heavy atom. The van der Waals surface area contributed by atoms with Crippen molar-refractivity contribution in [3.8, 4) is 0 Å².